The first kappa shape index (κ1) is 22.0. The zero-order valence-electron chi connectivity index (χ0n) is 17.0. The van der Waals surface area contributed by atoms with Gasteiger partial charge in [0.2, 0.25) is 0 Å². The molecule has 158 valence electrons. The Morgan fingerprint density at radius 3 is 2.83 bits per heavy atom. The minimum Gasteiger partial charge on any atom is -0.379 e. The summed E-state index contributed by atoms with van der Waals surface area (Å²) in [4.78, 5) is 14.1. The van der Waals surface area contributed by atoms with Crippen LogP contribution in [0.15, 0.2) is 48.0 Å². The Morgan fingerprint density at radius 2 is 2.07 bits per heavy atom. The Bertz CT molecular complexity index is 775. The molecule has 2 fully saturated rings. The van der Waals surface area contributed by atoms with E-state index < -0.39 is 0 Å². The fraction of sp³-hybridized carbons (Fsp3) is 0.524. The summed E-state index contributed by atoms with van der Waals surface area (Å²) < 4.78 is 7.55. The van der Waals surface area contributed by atoms with Crippen molar-refractivity contribution in [3.63, 3.8) is 0 Å². The van der Waals surface area contributed by atoms with E-state index in [1.54, 1.807) is 6.20 Å². The molecule has 1 N–H and O–H groups in total. The van der Waals surface area contributed by atoms with Crippen LogP contribution in [0.3, 0.4) is 0 Å². The zero-order valence-corrected chi connectivity index (χ0v) is 19.4. The number of nitrogens with zero attached hydrogens (tertiary/aromatic N) is 5. The van der Waals surface area contributed by atoms with Crippen molar-refractivity contribution in [2.75, 3.05) is 45.9 Å². The Hall–Kier alpha value is -1.65. The maximum atomic E-state index is 5.50. The van der Waals surface area contributed by atoms with Gasteiger partial charge in [-0.05, 0) is 25.0 Å². The van der Waals surface area contributed by atoms with Gasteiger partial charge in [-0.25, -0.2) is 9.98 Å². The predicted octanol–water partition coefficient (Wildman–Crippen LogP) is 2.36. The van der Waals surface area contributed by atoms with Gasteiger partial charge >= 0.3 is 0 Å². The van der Waals surface area contributed by atoms with Crippen LogP contribution < -0.4 is 5.32 Å². The standard InChI is InChI=1S/C21H30N6O.HI/c1-2-23-21(26-9-7-19(16-26)25-11-13-28-14-12-25)24-15-18-5-3-4-6-20(18)27-10-8-22-17-27;/h3-6,8,10,17,19H,2,7,9,11-16H2,1H3,(H,23,24);1H. The van der Waals surface area contributed by atoms with Crippen LogP contribution in [0, 0.1) is 0 Å². The number of nitrogens with one attached hydrogen (secondary N) is 1. The molecule has 29 heavy (non-hydrogen) atoms. The lowest BCUT2D eigenvalue weighted by atomic mass is 10.2. The molecule has 0 saturated carbocycles. The summed E-state index contributed by atoms with van der Waals surface area (Å²) >= 11 is 0. The molecule has 0 spiro atoms. The van der Waals surface area contributed by atoms with Crippen molar-refractivity contribution >= 4 is 29.9 Å². The SMILES string of the molecule is CCNC(=NCc1ccccc1-n1ccnc1)N1CCC(N2CCOCC2)C1.I. The number of benzene rings is 1. The molecule has 2 aromatic rings. The fourth-order valence-electron chi connectivity index (χ4n) is 4.06. The van der Waals surface area contributed by atoms with E-state index in [0.29, 0.717) is 12.6 Å². The van der Waals surface area contributed by atoms with Gasteiger partial charge in [-0.2, -0.15) is 0 Å². The number of para-hydroxylation sites is 1. The molecule has 0 amide bonds. The minimum absolute atomic E-state index is 0. The highest BCUT2D eigenvalue weighted by molar-refractivity contribution is 14.0. The topological polar surface area (TPSA) is 57.9 Å². The van der Waals surface area contributed by atoms with Crippen molar-refractivity contribution in [1.82, 2.24) is 24.7 Å². The molecule has 2 aliphatic heterocycles. The van der Waals surface area contributed by atoms with E-state index in [9.17, 15) is 0 Å². The predicted molar refractivity (Wildman–Crippen MR) is 126 cm³/mol. The summed E-state index contributed by atoms with van der Waals surface area (Å²) in [6.07, 6.45) is 6.80. The third kappa shape index (κ3) is 5.49. The van der Waals surface area contributed by atoms with Crippen LogP contribution in [0.1, 0.15) is 18.9 Å². The first-order valence-corrected chi connectivity index (χ1v) is 10.3. The maximum absolute atomic E-state index is 5.50. The van der Waals surface area contributed by atoms with E-state index in [1.807, 2.05) is 17.1 Å². The number of aliphatic imine (C=N–C) groups is 1. The smallest absolute Gasteiger partial charge is 0.194 e. The molecule has 1 aromatic carbocycles. The van der Waals surface area contributed by atoms with Crippen LogP contribution >= 0.6 is 24.0 Å². The monoisotopic (exact) mass is 510 g/mol. The number of hydrogen-bond acceptors (Lipinski definition) is 4. The second-order valence-electron chi connectivity index (χ2n) is 7.31. The quantitative estimate of drug-likeness (QED) is 0.381. The average Bonchev–Trinajstić information content (AvgIpc) is 3.44. The van der Waals surface area contributed by atoms with Crippen molar-refractivity contribution < 1.29 is 4.74 Å². The molecule has 3 heterocycles. The fourth-order valence-corrected chi connectivity index (χ4v) is 4.06. The number of likely N-dealkylation sites (tertiary alicyclic amines) is 1. The first-order chi connectivity index (χ1) is 13.8. The van der Waals surface area contributed by atoms with Crippen LogP contribution in [-0.2, 0) is 11.3 Å². The van der Waals surface area contributed by atoms with E-state index in [1.165, 1.54) is 12.0 Å². The van der Waals surface area contributed by atoms with Crippen LogP contribution in [-0.4, -0.2) is 77.3 Å². The van der Waals surface area contributed by atoms with Gasteiger partial charge in [0.05, 0.1) is 31.8 Å². The molecule has 1 unspecified atom stereocenters. The Labute approximate surface area is 190 Å². The first-order valence-electron chi connectivity index (χ1n) is 10.3. The third-order valence-corrected chi connectivity index (χ3v) is 5.53. The van der Waals surface area contributed by atoms with Gasteiger partial charge in [-0.1, -0.05) is 18.2 Å². The van der Waals surface area contributed by atoms with E-state index in [-0.39, 0.29) is 24.0 Å². The molecule has 1 aromatic heterocycles. The molecule has 0 bridgehead atoms. The molecule has 8 heteroatoms. The Balaban J connectivity index is 0.00000240. The number of halogens is 1. The van der Waals surface area contributed by atoms with E-state index in [4.69, 9.17) is 9.73 Å². The van der Waals surface area contributed by atoms with E-state index in [2.05, 4.69) is 51.3 Å². The highest BCUT2D eigenvalue weighted by Gasteiger charge is 2.30. The van der Waals surface area contributed by atoms with Crippen molar-refractivity contribution in [3.8, 4) is 5.69 Å². The van der Waals surface area contributed by atoms with E-state index in [0.717, 1.165) is 57.6 Å². The normalized spacial score (nSPS) is 20.5. The molecular formula is C21H31IN6O. The van der Waals surface area contributed by atoms with Gasteiger partial charge in [0.1, 0.15) is 0 Å². The molecular weight excluding hydrogens is 479 g/mol. The second-order valence-corrected chi connectivity index (χ2v) is 7.31. The third-order valence-electron chi connectivity index (χ3n) is 5.53. The van der Waals surface area contributed by atoms with Crippen LogP contribution in [0.5, 0.6) is 0 Å². The largest absolute Gasteiger partial charge is 0.379 e. The van der Waals surface area contributed by atoms with Crippen molar-refractivity contribution in [2.24, 2.45) is 4.99 Å². The Kier molecular flexibility index (Phi) is 8.31. The second kappa shape index (κ2) is 10.9. The summed E-state index contributed by atoms with van der Waals surface area (Å²) in [5, 5.41) is 3.49. The number of ether oxygens (including phenoxy) is 1. The van der Waals surface area contributed by atoms with Crippen LogP contribution in [0.25, 0.3) is 5.69 Å². The van der Waals surface area contributed by atoms with Gasteiger partial charge in [-0.15, -0.1) is 24.0 Å². The van der Waals surface area contributed by atoms with Crippen LogP contribution in [0.2, 0.25) is 0 Å². The summed E-state index contributed by atoms with van der Waals surface area (Å²) in [7, 11) is 0. The van der Waals surface area contributed by atoms with Crippen molar-refractivity contribution in [3.05, 3.63) is 48.5 Å². The molecule has 0 aliphatic carbocycles. The lowest BCUT2D eigenvalue weighted by molar-refractivity contribution is 0.0195. The van der Waals surface area contributed by atoms with Crippen molar-refractivity contribution in [2.45, 2.75) is 25.9 Å². The van der Waals surface area contributed by atoms with E-state index >= 15 is 0 Å². The molecule has 2 saturated heterocycles. The number of rotatable bonds is 5. The molecule has 4 rings (SSSR count). The lowest BCUT2D eigenvalue weighted by Gasteiger charge is -2.32. The van der Waals surface area contributed by atoms with Gasteiger partial charge in [0.15, 0.2) is 5.96 Å². The van der Waals surface area contributed by atoms with Gasteiger partial charge in [0.25, 0.3) is 0 Å². The van der Waals surface area contributed by atoms with Gasteiger partial charge in [0, 0.05) is 51.2 Å². The summed E-state index contributed by atoms with van der Waals surface area (Å²) in [6, 6.07) is 8.99. The zero-order chi connectivity index (χ0) is 19.2. The summed E-state index contributed by atoms with van der Waals surface area (Å²) in [6.45, 7) is 9.55. The van der Waals surface area contributed by atoms with Gasteiger partial charge < -0.3 is 19.5 Å². The number of hydrogen-bond donors (Lipinski definition) is 1. The summed E-state index contributed by atoms with van der Waals surface area (Å²) in [5.74, 6) is 1.01. The highest BCUT2D eigenvalue weighted by Crippen LogP contribution is 2.19. The number of morpholine rings is 1. The Morgan fingerprint density at radius 1 is 1.24 bits per heavy atom. The number of imidazole rings is 1. The van der Waals surface area contributed by atoms with Crippen LogP contribution in [0.4, 0.5) is 0 Å². The molecule has 7 nitrogen and oxygen atoms in total. The summed E-state index contributed by atoms with van der Waals surface area (Å²) in [5.41, 5.74) is 2.33. The molecule has 1 atom stereocenters. The maximum Gasteiger partial charge on any atom is 0.194 e. The number of guanidine groups is 1. The molecule has 2 aliphatic rings. The lowest BCUT2D eigenvalue weighted by Crippen LogP contribution is -2.46. The average molecular weight is 510 g/mol. The van der Waals surface area contributed by atoms with Crippen molar-refractivity contribution in [1.29, 1.82) is 0 Å². The highest BCUT2D eigenvalue weighted by atomic mass is 127. The minimum atomic E-state index is 0. The number of aromatic nitrogens is 2. The molecule has 0 radical (unpaired) electrons. The van der Waals surface area contributed by atoms with Gasteiger partial charge in [-0.3, -0.25) is 4.90 Å².